The molecule has 2 aromatic rings. The zero-order valence-corrected chi connectivity index (χ0v) is 12.6. The molecule has 0 aliphatic heterocycles. The maximum Gasteiger partial charge on any atom is 0.0464 e. The molecule has 0 radical (unpaired) electrons. The van der Waals surface area contributed by atoms with Crippen molar-refractivity contribution in [3.8, 4) is 0 Å². The number of hydrogen-bond donors (Lipinski definition) is 1. The van der Waals surface area contributed by atoms with E-state index in [1.165, 1.54) is 21.4 Å². The molecule has 0 saturated heterocycles. The Labute approximate surface area is 114 Å². The Hall–Kier alpha value is -0.860. The Balaban J connectivity index is 2.35. The molecular formula is C16H23NS. The van der Waals surface area contributed by atoms with Crippen LogP contribution in [0.2, 0.25) is 0 Å². The fourth-order valence-corrected chi connectivity index (χ4v) is 3.65. The van der Waals surface area contributed by atoms with Gasteiger partial charge in [0.05, 0.1) is 0 Å². The molecule has 1 atom stereocenters. The standard InChI is InChI=1S/C16H23NS/c1-5-10-17-15(16(2,3)4)14-11-12-8-6-7-9-13(12)18-14/h6-9,11,15,17H,5,10H2,1-4H3. The second-order valence-corrected chi connectivity index (χ2v) is 7.06. The summed E-state index contributed by atoms with van der Waals surface area (Å²) in [4.78, 5) is 1.46. The lowest BCUT2D eigenvalue weighted by molar-refractivity contribution is 0.277. The highest BCUT2D eigenvalue weighted by Gasteiger charge is 2.26. The predicted octanol–water partition coefficient (Wildman–Crippen LogP) is 4.99. The largest absolute Gasteiger partial charge is 0.309 e. The molecule has 1 unspecified atom stereocenters. The van der Waals surface area contributed by atoms with Gasteiger partial charge in [0.15, 0.2) is 0 Å². The van der Waals surface area contributed by atoms with E-state index < -0.39 is 0 Å². The number of rotatable bonds is 4. The smallest absolute Gasteiger partial charge is 0.0464 e. The van der Waals surface area contributed by atoms with E-state index in [1.807, 2.05) is 11.3 Å². The average molecular weight is 261 g/mol. The van der Waals surface area contributed by atoms with Crippen LogP contribution in [-0.2, 0) is 0 Å². The molecule has 0 fully saturated rings. The Morgan fingerprint density at radius 1 is 1.22 bits per heavy atom. The minimum Gasteiger partial charge on any atom is -0.309 e. The minimum atomic E-state index is 0.246. The highest BCUT2D eigenvalue weighted by atomic mass is 32.1. The molecule has 0 aliphatic rings. The summed E-state index contributed by atoms with van der Waals surface area (Å²) in [6.45, 7) is 10.2. The van der Waals surface area contributed by atoms with Crippen molar-refractivity contribution >= 4 is 21.4 Å². The first-order valence-corrected chi connectivity index (χ1v) is 7.56. The molecule has 18 heavy (non-hydrogen) atoms. The molecule has 0 saturated carbocycles. The van der Waals surface area contributed by atoms with Gasteiger partial charge in [-0.25, -0.2) is 0 Å². The molecule has 2 rings (SSSR count). The van der Waals surface area contributed by atoms with Crippen LogP contribution in [0.1, 0.15) is 45.0 Å². The second kappa shape index (κ2) is 5.41. The van der Waals surface area contributed by atoms with E-state index in [2.05, 4.69) is 63.3 Å². The normalized spacial score (nSPS) is 14.0. The van der Waals surface area contributed by atoms with E-state index in [0.29, 0.717) is 6.04 Å². The van der Waals surface area contributed by atoms with Crippen LogP contribution in [0.5, 0.6) is 0 Å². The van der Waals surface area contributed by atoms with Crippen LogP contribution in [-0.4, -0.2) is 6.54 Å². The van der Waals surface area contributed by atoms with Gasteiger partial charge in [-0.3, -0.25) is 0 Å². The van der Waals surface area contributed by atoms with Crippen LogP contribution in [0.15, 0.2) is 30.3 Å². The van der Waals surface area contributed by atoms with Gasteiger partial charge in [0.1, 0.15) is 0 Å². The van der Waals surface area contributed by atoms with Gasteiger partial charge >= 0.3 is 0 Å². The minimum absolute atomic E-state index is 0.246. The van der Waals surface area contributed by atoms with Crippen molar-refractivity contribution in [3.05, 3.63) is 35.2 Å². The summed E-state index contributed by atoms with van der Waals surface area (Å²) >= 11 is 1.92. The summed E-state index contributed by atoms with van der Waals surface area (Å²) in [5.74, 6) is 0. The fraction of sp³-hybridized carbons (Fsp3) is 0.500. The average Bonchev–Trinajstić information content (AvgIpc) is 2.70. The first-order chi connectivity index (χ1) is 8.52. The van der Waals surface area contributed by atoms with Crippen molar-refractivity contribution in [2.24, 2.45) is 5.41 Å². The molecule has 1 nitrogen and oxygen atoms in total. The van der Waals surface area contributed by atoms with Crippen molar-refractivity contribution < 1.29 is 0 Å². The van der Waals surface area contributed by atoms with Crippen molar-refractivity contribution in [2.75, 3.05) is 6.54 Å². The molecule has 2 heteroatoms. The zero-order valence-electron chi connectivity index (χ0n) is 11.8. The molecule has 0 spiro atoms. The lowest BCUT2D eigenvalue weighted by Gasteiger charge is -2.31. The van der Waals surface area contributed by atoms with E-state index in [-0.39, 0.29) is 5.41 Å². The van der Waals surface area contributed by atoms with Crippen molar-refractivity contribution in [1.82, 2.24) is 5.32 Å². The van der Waals surface area contributed by atoms with E-state index >= 15 is 0 Å². The Morgan fingerprint density at radius 3 is 2.56 bits per heavy atom. The van der Waals surface area contributed by atoms with Crippen molar-refractivity contribution in [1.29, 1.82) is 0 Å². The topological polar surface area (TPSA) is 12.0 Å². The monoisotopic (exact) mass is 261 g/mol. The van der Waals surface area contributed by atoms with Crippen LogP contribution in [0, 0.1) is 5.41 Å². The maximum atomic E-state index is 3.70. The number of hydrogen-bond acceptors (Lipinski definition) is 2. The lowest BCUT2D eigenvalue weighted by Crippen LogP contribution is -2.32. The van der Waals surface area contributed by atoms with E-state index in [0.717, 1.165) is 6.54 Å². The van der Waals surface area contributed by atoms with Gasteiger partial charge in [0.25, 0.3) is 0 Å². The predicted molar refractivity (Wildman–Crippen MR) is 82.3 cm³/mol. The van der Waals surface area contributed by atoms with E-state index in [4.69, 9.17) is 0 Å². The lowest BCUT2D eigenvalue weighted by atomic mass is 9.85. The fourth-order valence-electron chi connectivity index (χ4n) is 2.27. The van der Waals surface area contributed by atoms with Crippen LogP contribution in [0.4, 0.5) is 0 Å². The number of thiophene rings is 1. The molecule has 0 aliphatic carbocycles. The SMILES string of the molecule is CCCNC(c1cc2ccccc2s1)C(C)(C)C. The van der Waals surface area contributed by atoms with Crippen LogP contribution in [0.25, 0.3) is 10.1 Å². The summed E-state index contributed by atoms with van der Waals surface area (Å²) < 4.78 is 1.39. The summed E-state index contributed by atoms with van der Waals surface area (Å²) in [5, 5.41) is 5.06. The maximum absolute atomic E-state index is 3.70. The molecule has 98 valence electrons. The highest BCUT2D eigenvalue weighted by Crippen LogP contribution is 2.38. The molecule has 0 amide bonds. The number of nitrogens with one attached hydrogen (secondary N) is 1. The third-order valence-corrected chi connectivity index (χ3v) is 4.37. The highest BCUT2D eigenvalue weighted by molar-refractivity contribution is 7.19. The summed E-state index contributed by atoms with van der Waals surface area (Å²) in [6.07, 6.45) is 1.18. The first kappa shape index (κ1) is 13.6. The van der Waals surface area contributed by atoms with Gasteiger partial charge in [0.2, 0.25) is 0 Å². The van der Waals surface area contributed by atoms with E-state index in [9.17, 15) is 0 Å². The number of benzene rings is 1. The molecule has 0 bridgehead atoms. The molecule has 1 aromatic heterocycles. The summed E-state index contributed by atoms with van der Waals surface area (Å²) in [6, 6.07) is 11.4. The van der Waals surface area contributed by atoms with Crippen LogP contribution in [0.3, 0.4) is 0 Å². The second-order valence-electron chi connectivity index (χ2n) is 5.94. The quantitative estimate of drug-likeness (QED) is 0.817. The van der Waals surface area contributed by atoms with Gasteiger partial charge in [-0.1, -0.05) is 45.9 Å². The first-order valence-electron chi connectivity index (χ1n) is 6.74. The van der Waals surface area contributed by atoms with Gasteiger partial charge in [-0.15, -0.1) is 11.3 Å². The third kappa shape index (κ3) is 2.93. The van der Waals surface area contributed by atoms with Crippen LogP contribution < -0.4 is 5.32 Å². The molecule has 1 aromatic carbocycles. The Bertz CT molecular complexity index is 474. The molecule has 1 N–H and O–H groups in total. The van der Waals surface area contributed by atoms with Gasteiger partial charge < -0.3 is 5.32 Å². The van der Waals surface area contributed by atoms with Gasteiger partial charge in [-0.2, -0.15) is 0 Å². The van der Waals surface area contributed by atoms with Gasteiger partial charge in [-0.05, 0) is 35.9 Å². The third-order valence-electron chi connectivity index (χ3n) is 3.19. The van der Waals surface area contributed by atoms with Crippen molar-refractivity contribution in [3.63, 3.8) is 0 Å². The molecular weight excluding hydrogens is 238 g/mol. The molecule has 1 heterocycles. The van der Waals surface area contributed by atoms with Crippen LogP contribution >= 0.6 is 11.3 Å². The summed E-state index contributed by atoms with van der Waals surface area (Å²) in [7, 11) is 0. The van der Waals surface area contributed by atoms with Gasteiger partial charge in [0, 0.05) is 15.6 Å². The Morgan fingerprint density at radius 2 is 1.94 bits per heavy atom. The summed E-state index contributed by atoms with van der Waals surface area (Å²) in [5.41, 5.74) is 0.246. The van der Waals surface area contributed by atoms with E-state index in [1.54, 1.807) is 0 Å². The Kier molecular flexibility index (Phi) is 4.08. The van der Waals surface area contributed by atoms with Crippen molar-refractivity contribution in [2.45, 2.75) is 40.2 Å². The number of fused-ring (bicyclic) bond motifs is 1. The zero-order chi connectivity index (χ0) is 13.2.